The summed E-state index contributed by atoms with van der Waals surface area (Å²) in [6, 6.07) is 0. The summed E-state index contributed by atoms with van der Waals surface area (Å²) < 4.78 is 0. The van der Waals surface area contributed by atoms with Gasteiger partial charge in [-0.15, -0.1) is 0 Å². The van der Waals surface area contributed by atoms with E-state index < -0.39 is 0 Å². The minimum absolute atomic E-state index is 1.05. The molecule has 0 unspecified atom stereocenters. The van der Waals surface area contributed by atoms with Gasteiger partial charge in [0.25, 0.3) is 0 Å². The maximum Gasteiger partial charge on any atom is 0.0363 e. The Balaban J connectivity index is 2.28. The monoisotopic (exact) mass is 109 g/mol. The number of hydrogen-bond donors (Lipinski definition) is 0. The highest BCUT2D eigenvalue weighted by atomic mass is 14.7. The van der Waals surface area contributed by atoms with E-state index in [1.165, 1.54) is 18.5 Å². The number of nitrogens with zero attached hydrogens (tertiary/aromatic N) is 1. The average Bonchev–Trinajstić information content (AvgIpc) is 1.63. The van der Waals surface area contributed by atoms with Crippen molar-refractivity contribution in [3.63, 3.8) is 0 Å². The number of aliphatic imine (C=N–C) groups is 1. The molecule has 0 aliphatic heterocycles. The average molecular weight is 109 g/mol. The van der Waals surface area contributed by atoms with Crippen LogP contribution in [0, 0.1) is 0 Å². The summed E-state index contributed by atoms with van der Waals surface area (Å²) in [5, 5.41) is 0. The van der Waals surface area contributed by atoms with Gasteiger partial charge in [0.2, 0.25) is 0 Å². The molecule has 1 aliphatic rings. The zero-order chi connectivity index (χ0) is 5.82. The van der Waals surface area contributed by atoms with Crippen molar-refractivity contribution >= 4 is 6.21 Å². The quantitative estimate of drug-likeness (QED) is 0.482. The third-order valence-corrected chi connectivity index (χ3v) is 1.22. The van der Waals surface area contributed by atoms with Gasteiger partial charge in [-0.2, -0.15) is 0 Å². The van der Waals surface area contributed by atoms with Crippen LogP contribution < -0.4 is 0 Å². The second-order valence-electron chi connectivity index (χ2n) is 1.95. The fourth-order valence-electron chi connectivity index (χ4n) is 0.599. The smallest absolute Gasteiger partial charge is 0.0363 e. The normalized spacial score (nSPS) is 18.4. The van der Waals surface area contributed by atoms with Crippen LogP contribution in [-0.2, 0) is 0 Å². The van der Waals surface area contributed by atoms with Crippen molar-refractivity contribution in [2.24, 2.45) is 4.99 Å². The second kappa shape index (κ2) is 2.65. The molecule has 0 saturated carbocycles. The summed E-state index contributed by atoms with van der Waals surface area (Å²) in [5.74, 6) is 0. The van der Waals surface area contributed by atoms with Crippen LogP contribution in [-0.4, -0.2) is 6.21 Å². The van der Waals surface area contributed by atoms with Gasteiger partial charge in [0.1, 0.15) is 0 Å². The van der Waals surface area contributed by atoms with E-state index in [-0.39, 0.29) is 0 Å². The van der Waals surface area contributed by atoms with Gasteiger partial charge in [-0.1, -0.05) is 13.0 Å². The van der Waals surface area contributed by atoms with Gasteiger partial charge in [-0.05, 0) is 19.3 Å². The molecular weight excluding hydrogens is 98.1 g/mol. The van der Waals surface area contributed by atoms with Crippen molar-refractivity contribution in [1.29, 1.82) is 0 Å². The summed E-state index contributed by atoms with van der Waals surface area (Å²) in [6.45, 7) is 2.10. The first kappa shape index (κ1) is 5.54. The van der Waals surface area contributed by atoms with Gasteiger partial charge < -0.3 is 0 Å². The molecular formula is C7H11N. The lowest BCUT2D eigenvalue weighted by atomic mass is 10.1. The molecule has 1 nitrogen and oxygen atoms in total. The number of hydrogen-bond acceptors (Lipinski definition) is 1. The van der Waals surface area contributed by atoms with Crippen molar-refractivity contribution in [3.8, 4) is 0 Å². The topological polar surface area (TPSA) is 12.4 Å². The third kappa shape index (κ3) is 1.19. The molecule has 1 aliphatic carbocycles. The SMILES string of the molecule is CCC=NC1=CCC1. The van der Waals surface area contributed by atoms with E-state index in [2.05, 4.69) is 18.0 Å². The second-order valence-corrected chi connectivity index (χ2v) is 1.95. The van der Waals surface area contributed by atoms with E-state index in [4.69, 9.17) is 0 Å². The largest absolute Gasteiger partial charge is 0.266 e. The van der Waals surface area contributed by atoms with Crippen LogP contribution in [0.15, 0.2) is 16.8 Å². The van der Waals surface area contributed by atoms with E-state index in [1.54, 1.807) is 0 Å². The Labute approximate surface area is 50.1 Å². The maximum absolute atomic E-state index is 4.18. The van der Waals surface area contributed by atoms with Crippen LogP contribution in [0.3, 0.4) is 0 Å². The van der Waals surface area contributed by atoms with E-state index in [0.29, 0.717) is 0 Å². The molecule has 8 heavy (non-hydrogen) atoms. The molecule has 0 aromatic heterocycles. The zero-order valence-corrected chi connectivity index (χ0v) is 5.22. The Hall–Kier alpha value is -0.590. The molecule has 0 N–H and O–H groups in total. The van der Waals surface area contributed by atoms with Gasteiger partial charge in [0, 0.05) is 11.9 Å². The van der Waals surface area contributed by atoms with Gasteiger partial charge in [0.15, 0.2) is 0 Å². The minimum atomic E-state index is 1.05. The summed E-state index contributed by atoms with van der Waals surface area (Å²) in [7, 11) is 0. The molecule has 0 aromatic carbocycles. The van der Waals surface area contributed by atoms with Gasteiger partial charge >= 0.3 is 0 Å². The molecule has 1 rings (SSSR count). The van der Waals surface area contributed by atoms with Crippen LogP contribution in [0.1, 0.15) is 26.2 Å². The van der Waals surface area contributed by atoms with E-state index >= 15 is 0 Å². The Morgan fingerprint density at radius 3 is 3.00 bits per heavy atom. The Morgan fingerprint density at radius 2 is 2.62 bits per heavy atom. The molecule has 0 radical (unpaired) electrons. The molecule has 0 heterocycles. The third-order valence-electron chi connectivity index (χ3n) is 1.22. The molecule has 0 atom stereocenters. The van der Waals surface area contributed by atoms with Crippen molar-refractivity contribution in [2.45, 2.75) is 26.2 Å². The molecule has 0 aromatic rings. The van der Waals surface area contributed by atoms with E-state index in [1.807, 2.05) is 6.21 Å². The van der Waals surface area contributed by atoms with Crippen molar-refractivity contribution in [3.05, 3.63) is 11.8 Å². The van der Waals surface area contributed by atoms with Crippen molar-refractivity contribution < 1.29 is 0 Å². The molecule has 0 saturated heterocycles. The van der Waals surface area contributed by atoms with Crippen LogP contribution >= 0.6 is 0 Å². The summed E-state index contributed by atoms with van der Waals surface area (Å²) >= 11 is 0. The van der Waals surface area contributed by atoms with Crippen LogP contribution in [0.5, 0.6) is 0 Å². The summed E-state index contributed by atoms with van der Waals surface area (Å²) in [5.41, 5.74) is 1.27. The lowest BCUT2D eigenvalue weighted by Crippen LogP contribution is -1.89. The molecule has 44 valence electrons. The fraction of sp³-hybridized carbons (Fsp3) is 0.571. The van der Waals surface area contributed by atoms with Gasteiger partial charge in [0.05, 0.1) is 0 Å². The minimum Gasteiger partial charge on any atom is -0.266 e. The lowest BCUT2D eigenvalue weighted by Gasteiger charge is -2.06. The first-order chi connectivity index (χ1) is 3.93. The molecule has 0 spiro atoms. The highest BCUT2D eigenvalue weighted by Gasteiger charge is 2.00. The summed E-state index contributed by atoms with van der Waals surface area (Å²) in [4.78, 5) is 4.18. The standard InChI is InChI=1S/C7H11N/c1-2-6-8-7-4-3-5-7/h4,6H,2-3,5H2,1H3. The highest BCUT2D eigenvalue weighted by molar-refractivity contribution is 5.58. The van der Waals surface area contributed by atoms with Crippen LogP contribution in [0.2, 0.25) is 0 Å². The Morgan fingerprint density at radius 1 is 1.88 bits per heavy atom. The van der Waals surface area contributed by atoms with Gasteiger partial charge in [-0.3, -0.25) is 4.99 Å². The fourth-order valence-corrected chi connectivity index (χ4v) is 0.599. The number of allylic oxidation sites excluding steroid dienone is 2. The Bertz CT molecular complexity index is 122. The predicted octanol–water partition coefficient (Wildman–Crippen LogP) is 2.14. The molecule has 1 heteroatoms. The van der Waals surface area contributed by atoms with Crippen LogP contribution in [0.4, 0.5) is 0 Å². The predicted molar refractivity (Wildman–Crippen MR) is 36.1 cm³/mol. The Kier molecular flexibility index (Phi) is 1.84. The zero-order valence-electron chi connectivity index (χ0n) is 5.22. The molecule has 0 amide bonds. The first-order valence-corrected chi connectivity index (χ1v) is 3.15. The highest BCUT2D eigenvalue weighted by Crippen LogP contribution is 2.17. The van der Waals surface area contributed by atoms with E-state index in [0.717, 1.165) is 6.42 Å². The first-order valence-electron chi connectivity index (χ1n) is 3.15. The van der Waals surface area contributed by atoms with Crippen molar-refractivity contribution in [2.75, 3.05) is 0 Å². The molecule has 0 fully saturated rings. The van der Waals surface area contributed by atoms with Gasteiger partial charge in [-0.25, -0.2) is 0 Å². The van der Waals surface area contributed by atoms with E-state index in [9.17, 15) is 0 Å². The molecule has 0 bridgehead atoms. The summed E-state index contributed by atoms with van der Waals surface area (Å²) in [6.07, 6.45) is 7.61. The van der Waals surface area contributed by atoms with Crippen LogP contribution in [0.25, 0.3) is 0 Å². The number of rotatable bonds is 2. The maximum atomic E-state index is 4.18. The van der Waals surface area contributed by atoms with Crippen molar-refractivity contribution in [1.82, 2.24) is 0 Å². The lowest BCUT2D eigenvalue weighted by molar-refractivity contribution is 0.858.